The van der Waals surface area contributed by atoms with E-state index in [1.54, 1.807) is 24.4 Å². The molecule has 3 unspecified atom stereocenters. The Balaban J connectivity index is 1.88. The highest BCUT2D eigenvalue weighted by Crippen LogP contribution is 2.39. The number of hydrogen-bond donors (Lipinski definition) is 1. The Morgan fingerprint density at radius 1 is 1.19 bits per heavy atom. The van der Waals surface area contributed by atoms with E-state index in [0.29, 0.717) is 42.0 Å². The van der Waals surface area contributed by atoms with Crippen molar-refractivity contribution in [1.29, 1.82) is 0 Å². The second-order valence-corrected chi connectivity index (χ2v) is 17.8. The van der Waals surface area contributed by atoms with Gasteiger partial charge < -0.3 is 14.5 Å². The van der Waals surface area contributed by atoms with E-state index in [2.05, 4.69) is 36.5 Å². The van der Waals surface area contributed by atoms with Crippen LogP contribution in [-0.2, 0) is 22.3 Å². The molecule has 0 spiro atoms. The van der Waals surface area contributed by atoms with Crippen LogP contribution >= 0.6 is 0 Å². The quantitative estimate of drug-likeness (QED) is 0.220. The molecule has 3 heterocycles. The van der Waals surface area contributed by atoms with Crippen LogP contribution in [0.4, 0.5) is 4.39 Å². The minimum Gasteiger partial charge on any atom is -0.361 e. The molecule has 0 aliphatic carbocycles. The summed E-state index contributed by atoms with van der Waals surface area (Å²) in [5.41, 5.74) is 2.52. The van der Waals surface area contributed by atoms with Gasteiger partial charge in [-0.15, -0.1) is 0 Å². The molecule has 3 atom stereocenters. The van der Waals surface area contributed by atoms with Gasteiger partial charge in [-0.3, -0.25) is 4.21 Å². The van der Waals surface area contributed by atoms with Gasteiger partial charge in [-0.25, -0.2) is 19.3 Å². The van der Waals surface area contributed by atoms with Crippen LogP contribution in [0.2, 0.25) is 25.7 Å². The highest BCUT2D eigenvalue weighted by atomic mass is 32.2. The molecule has 37 heavy (non-hydrogen) atoms. The Hall–Kier alpha value is -2.31. The molecule has 1 fully saturated rings. The summed E-state index contributed by atoms with van der Waals surface area (Å²) in [6, 6.07) is 8.65. The highest BCUT2D eigenvalue weighted by molar-refractivity contribution is 7.84. The van der Waals surface area contributed by atoms with Crippen molar-refractivity contribution in [3.8, 4) is 22.6 Å². The summed E-state index contributed by atoms with van der Waals surface area (Å²) in [4.78, 5) is 13.7. The summed E-state index contributed by atoms with van der Waals surface area (Å²) in [5, 5.41) is 12.4. The molecule has 0 bridgehead atoms. The number of piperidine rings is 1. The van der Waals surface area contributed by atoms with Gasteiger partial charge in [-0.2, -0.15) is 5.06 Å². The average Bonchev–Trinajstić information content (AvgIpc) is 3.22. The SMILES string of the molecule is CC1CCN(O)C(c2nc(-c3ccnc(S(C)=O)n3)c(-c3ccc(F)cc3)n2COCC[Si](C)(C)C)C1. The van der Waals surface area contributed by atoms with Crippen molar-refractivity contribution in [3.05, 3.63) is 48.2 Å². The Morgan fingerprint density at radius 2 is 1.92 bits per heavy atom. The van der Waals surface area contributed by atoms with Crippen LogP contribution in [0.1, 0.15) is 31.6 Å². The van der Waals surface area contributed by atoms with E-state index in [1.807, 2.05) is 4.57 Å². The van der Waals surface area contributed by atoms with Crippen LogP contribution in [0.25, 0.3) is 22.6 Å². The fourth-order valence-electron chi connectivity index (χ4n) is 4.45. The molecule has 1 saturated heterocycles. The van der Waals surface area contributed by atoms with Crippen molar-refractivity contribution >= 4 is 18.9 Å². The average molecular weight is 546 g/mol. The molecule has 2 aromatic heterocycles. The minimum atomic E-state index is -1.37. The Kier molecular flexibility index (Phi) is 8.69. The van der Waals surface area contributed by atoms with E-state index in [9.17, 15) is 13.8 Å². The third kappa shape index (κ3) is 6.77. The van der Waals surface area contributed by atoms with E-state index >= 15 is 0 Å². The van der Waals surface area contributed by atoms with Gasteiger partial charge in [0.2, 0.25) is 5.16 Å². The predicted octanol–water partition coefficient (Wildman–Crippen LogP) is 5.36. The number of halogens is 1. The number of benzene rings is 1. The van der Waals surface area contributed by atoms with Crippen LogP contribution in [0.15, 0.2) is 41.7 Å². The van der Waals surface area contributed by atoms with Crippen molar-refractivity contribution < 1.29 is 18.5 Å². The van der Waals surface area contributed by atoms with E-state index in [0.717, 1.165) is 24.4 Å². The van der Waals surface area contributed by atoms with E-state index in [-0.39, 0.29) is 23.7 Å². The molecular weight excluding hydrogens is 509 g/mol. The number of ether oxygens (including phenoxy) is 1. The molecule has 11 heteroatoms. The molecule has 8 nitrogen and oxygen atoms in total. The van der Waals surface area contributed by atoms with Crippen LogP contribution in [-0.4, -0.2) is 61.5 Å². The van der Waals surface area contributed by atoms with Crippen molar-refractivity contribution in [3.63, 3.8) is 0 Å². The summed E-state index contributed by atoms with van der Waals surface area (Å²) in [6.45, 7) is 10.5. The van der Waals surface area contributed by atoms with Crippen molar-refractivity contribution in [2.45, 2.75) is 63.4 Å². The van der Waals surface area contributed by atoms with Gasteiger partial charge in [0.1, 0.15) is 24.1 Å². The molecule has 0 amide bonds. The molecule has 0 saturated carbocycles. The number of rotatable bonds is 9. The number of hydrogen-bond acceptors (Lipinski definition) is 7. The molecule has 3 aromatic rings. The fraction of sp³-hybridized carbons (Fsp3) is 0.500. The molecular formula is C26H36FN5O3SSi. The third-order valence-corrected chi connectivity index (χ3v) is 9.01. The van der Waals surface area contributed by atoms with Gasteiger partial charge in [-0.1, -0.05) is 26.6 Å². The monoisotopic (exact) mass is 545 g/mol. The zero-order valence-electron chi connectivity index (χ0n) is 22.1. The molecule has 4 rings (SSSR count). The van der Waals surface area contributed by atoms with E-state index in [4.69, 9.17) is 9.72 Å². The van der Waals surface area contributed by atoms with Gasteiger partial charge in [0.15, 0.2) is 0 Å². The zero-order valence-corrected chi connectivity index (χ0v) is 24.0. The number of hydroxylamine groups is 2. The van der Waals surface area contributed by atoms with Gasteiger partial charge in [0, 0.05) is 39.2 Å². The third-order valence-electron chi connectivity index (χ3n) is 6.60. The molecule has 1 aromatic carbocycles. The van der Waals surface area contributed by atoms with Gasteiger partial charge in [-0.05, 0) is 55.1 Å². The molecule has 200 valence electrons. The maximum absolute atomic E-state index is 13.9. The number of aromatic nitrogens is 4. The maximum atomic E-state index is 13.9. The summed E-state index contributed by atoms with van der Waals surface area (Å²) in [7, 11) is -2.67. The lowest BCUT2D eigenvalue weighted by Gasteiger charge is -2.34. The largest absolute Gasteiger partial charge is 0.361 e. The molecule has 1 aliphatic heterocycles. The van der Waals surface area contributed by atoms with Crippen molar-refractivity contribution in [2.24, 2.45) is 5.92 Å². The highest BCUT2D eigenvalue weighted by Gasteiger charge is 2.33. The molecule has 1 aliphatic rings. The van der Waals surface area contributed by atoms with Gasteiger partial charge in [0.25, 0.3) is 0 Å². The first kappa shape index (κ1) is 27.7. The Morgan fingerprint density at radius 3 is 2.59 bits per heavy atom. The van der Waals surface area contributed by atoms with Crippen LogP contribution in [0, 0.1) is 11.7 Å². The molecule has 0 radical (unpaired) electrons. The number of nitrogens with zero attached hydrogens (tertiary/aromatic N) is 5. The Bertz CT molecular complexity index is 1250. The second kappa shape index (κ2) is 11.6. The smallest absolute Gasteiger partial charge is 0.218 e. The topological polar surface area (TPSA) is 93.4 Å². The Labute approximate surface area is 221 Å². The number of imidazole rings is 1. The van der Waals surface area contributed by atoms with E-state index < -0.39 is 18.9 Å². The first-order chi connectivity index (χ1) is 17.5. The molecule has 1 N–H and O–H groups in total. The predicted molar refractivity (Wildman–Crippen MR) is 145 cm³/mol. The summed E-state index contributed by atoms with van der Waals surface area (Å²) >= 11 is 0. The second-order valence-electron chi connectivity index (χ2n) is 10.9. The van der Waals surface area contributed by atoms with Crippen molar-refractivity contribution in [2.75, 3.05) is 19.4 Å². The lowest BCUT2D eigenvalue weighted by atomic mass is 9.93. The summed E-state index contributed by atoms with van der Waals surface area (Å²) < 4.78 is 34.2. The van der Waals surface area contributed by atoms with Crippen molar-refractivity contribution in [1.82, 2.24) is 24.6 Å². The van der Waals surface area contributed by atoms with Gasteiger partial charge in [0.05, 0.1) is 28.2 Å². The first-order valence-corrected chi connectivity index (χ1v) is 17.9. The summed E-state index contributed by atoms with van der Waals surface area (Å²) in [6.07, 6.45) is 4.73. The summed E-state index contributed by atoms with van der Waals surface area (Å²) in [5.74, 6) is 0.739. The maximum Gasteiger partial charge on any atom is 0.218 e. The fourth-order valence-corrected chi connectivity index (χ4v) is 5.64. The minimum absolute atomic E-state index is 0.208. The zero-order chi connectivity index (χ0) is 26.7. The lowest BCUT2D eigenvalue weighted by Crippen LogP contribution is -2.35. The van der Waals surface area contributed by atoms with Crippen LogP contribution in [0.3, 0.4) is 0 Å². The lowest BCUT2D eigenvalue weighted by molar-refractivity contribution is -0.155. The normalized spacial score (nSPS) is 19.8. The van der Waals surface area contributed by atoms with Gasteiger partial charge >= 0.3 is 0 Å². The van der Waals surface area contributed by atoms with E-state index in [1.165, 1.54) is 23.5 Å². The van der Waals surface area contributed by atoms with Crippen LogP contribution in [0.5, 0.6) is 0 Å². The standard InChI is InChI=1S/C26H36FN5O3SSi/c1-18-11-13-32(33)22(16-18)25-30-23(21-10-12-28-26(29-21)36(2)34)24(19-6-8-20(27)9-7-19)31(25)17-35-14-15-37(3,4)5/h6-10,12,18,22,33H,11,13-17H2,1-5H3. The van der Waals surface area contributed by atoms with Crippen LogP contribution < -0.4 is 0 Å². The first-order valence-electron chi connectivity index (χ1n) is 12.6.